The van der Waals surface area contributed by atoms with Gasteiger partial charge < -0.3 is 4.90 Å². The number of carbonyl (C=O) groups is 2. The standard InChI is InChI=1S/C30H32F5NO2/c1-18-14-23(37)8-9-24(18)27(38)36-13-12-29(17-19-4-3-5-22(31)15-19)25-10-7-21(28(2,32)30(33,34)35)16-20(25)6-11-26(29)36/h3-5,7,10,15-16,18,24,26H,6,8-9,11-14,17H2,1-2H3/t18-,24+,26?,28?,29?/m0/s1. The van der Waals surface area contributed by atoms with Crippen LogP contribution in [0.1, 0.15) is 68.2 Å². The molecule has 1 amide bonds. The molecule has 3 aliphatic rings. The van der Waals surface area contributed by atoms with Gasteiger partial charge in [0.25, 0.3) is 0 Å². The van der Waals surface area contributed by atoms with Gasteiger partial charge >= 0.3 is 6.18 Å². The van der Waals surface area contributed by atoms with E-state index in [-0.39, 0.29) is 35.4 Å². The number of fused-ring (bicyclic) bond motifs is 3. The smallest absolute Gasteiger partial charge is 0.339 e. The van der Waals surface area contributed by atoms with E-state index in [4.69, 9.17) is 0 Å². The van der Waals surface area contributed by atoms with E-state index >= 15 is 0 Å². The van der Waals surface area contributed by atoms with E-state index in [9.17, 15) is 31.5 Å². The summed E-state index contributed by atoms with van der Waals surface area (Å²) in [6.45, 7) is 2.94. The molecule has 0 bridgehead atoms. The van der Waals surface area contributed by atoms with Crippen molar-refractivity contribution >= 4 is 11.7 Å². The summed E-state index contributed by atoms with van der Waals surface area (Å²) in [5.41, 5.74) is -2.36. The maximum Gasteiger partial charge on any atom is 0.426 e. The molecule has 204 valence electrons. The molecule has 1 saturated heterocycles. The van der Waals surface area contributed by atoms with Crippen LogP contribution in [0.3, 0.4) is 0 Å². The van der Waals surface area contributed by atoms with Gasteiger partial charge in [-0.25, -0.2) is 8.78 Å². The number of amides is 1. The third-order valence-electron chi connectivity index (χ3n) is 9.20. The van der Waals surface area contributed by atoms with Gasteiger partial charge in [-0.1, -0.05) is 37.3 Å². The highest BCUT2D eigenvalue weighted by atomic mass is 19.4. The Bertz CT molecular complexity index is 1260. The van der Waals surface area contributed by atoms with Crippen LogP contribution in [0.4, 0.5) is 22.0 Å². The number of ketones is 1. The highest BCUT2D eigenvalue weighted by Gasteiger charge is 2.56. The van der Waals surface area contributed by atoms with Crippen molar-refractivity contribution in [1.29, 1.82) is 0 Å². The van der Waals surface area contributed by atoms with Crippen LogP contribution in [-0.4, -0.2) is 35.4 Å². The Hall–Kier alpha value is -2.77. The molecule has 38 heavy (non-hydrogen) atoms. The molecule has 2 aliphatic carbocycles. The third kappa shape index (κ3) is 4.43. The average Bonchev–Trinajstić information content (AvgIpc) is 3.22. The minimum Gasteiger partial charge on any atom is -0.339 e. The largest absolute Gasteiger partial charge is 0.426 e. The van der Waals surface area contributed by atoms with Crippen LogP contribution >= 0.6 is 0 Å². The first-order valence-electron chi connectivity index (χ1n) is 13.3. The van der Waals surface area contributed by atoms with Crippen molar-refractivity contribution in [2.45, 2.75) is 82.1 Å². The summed E-state index contributed by atoms with van der Waals surface area (Å²) in [6.07, 6.45) is -1.84. The van der Waals surface area contributed by atoms with Gasteiger partial charge in [-0.05, 0) is 79.3 Å². The fraction of sp³-hybridized carbons (Fsp3) is 0.533. The molecule has 0 spiro atoms. The van der Waals surface area contributed by atoms with Gasteiger partial charge in [0.05, 0.1) is 0 Å². The van der Waals surface area contributed by atoms with E-state index in [1.165, 1.54) is 24.3 Å². The van der Waals surface area contributed by atoms with E-state index in [0.717, 1.165) is 11.1 Å². The number of halogens is 5. The zero-order chi connectivity index (χ0) is 27.5. The molecule has 0 aromatic heterocycles. The molecular weight excluding hydrogens is 501 g/mol. The van der Waals surface area contributed by atoms with Gasteiger partial charge in [0.15, 0.2) is 0 Å². The number of aryl methyl sites for hydroxylation is 1. The Balaban J connectivity index is 1.55. The first kappa shape index (κ1) is 26.8. The Labute approximate surface area is 219 Å². The summed E-state index contributed by atoms with van der Waals surface area (Å²) in [6, 6.07) is 10.2. The lowest BCUT2D eigenvalue weighted by atomic mass is 9.63. The fourth-order valence-corrected chi connectivity index (χ4v) is 7.08. The molecule has 2 aromatic rings. The molecule has 1 aliphatic heterocycles. The van der Waals surface area contributed by atoms with Gasteiger partial charge in [-0.15, -0.1) is 0 Å². The molecule has 0 N–H and O–H groups in total. The number of hydrogen-bond acceptors (Lipinski definition) is 2. The zero-order valence-electron chi connectivity index (χ0n) is 21.6. The van der Waals surface area contributed by atoms with Crippen molar-refractivity contribution in [2.75, 3.05) is 6.54 Å². The summed E-state index contributed by atoms with van der Waals surface area (Å²) < 4.78 is 69.4. The normalized spacial score (nSPS) is 29.0. The number of Topliss-reactive ketones (excluding diaryl/α,β-unsaturated/α-hetero) is 1. The highest BCUT2D eigenvalue weighted by molar-refractivity contribution is 5.85. The predicted octanol–water partition coefficient (Wildman–Crippen LogP) is 6.61. The van der Waals surface area contributed by atoms with E-state index in [1.54, 1.807) is 12.1 Å². The van der Waals surface area contributed by atoms with Crippen molar-refractivity contribution in [3.8, 4) is 0 Å². The molecule has 3 nitrogen and oxygen atoms in total. The summed E-state index contributed by atoms with van der Waals surface area (Å²) >= 11 is 0. The quantitative estimate of drug-likeness (QED) is 0.415. The van der Waals surface area contributed by atoms with Crippen molar-refractivity contribution in [3.05, 3.63) is 70.5 Å². The number of benzene rings is 2. The van der Waals surface area contributed by atoms with E-state index in [2.05, 4.69) is 0 Å². The molecule has 1 saturated carbocycles. The number of alkyl halides is 4. The maximum atomic E-state index is 14.8. The minimum atomic E-state index is -5.05. The van der Waals surface area contributed by atoms with Crippen LogP contribution < -0.4 is 0 Å². The van der Waals surface area contributed by atoms with Crippen molar-refractivity contribution in [1.82, 2.24) is 4.90 Å². The van der Waals surface area contributed by atoms with Gasteiger partial charge in [0.2, 0.25) is 11.6 Å². The lowest BCUT2D eigenvalue weighted by molar-refractivity contribution is -0.228. The molecule has 8 heteroatoms. The van der Waals surface area contributed by atoms with Crippen LogP contribution in [0.25, 0.3) is 0 Å². The van der Waals surface area contributed by atoms with Crippen molar-refractivity contribution < 1.29 is 31.5 Å². The second kappa shape index (κ2) is 9.45. The Morgan fingerprint density at radius 1 is 1.08 bits per heavy atom. The summed E-state index contributed by atoms with van der Waals surface area (Å²) in [4.78, 5) is 27.6. The Morgan fingerprint density at radius 2 is 1.84 bits per heavy atom. The van der Waals surface area contributed by atoms with Crippen LogP contribution in [0.2, 0.25) is 0 Å². The van der Waals surface area contributed by atoms with Gasteiger partial charge in [-0.2, -0.15) is 13.2 Å². The Morgan fingerprint density at radius 3 is 2.53 bits per heavy atom. The molecule has 2 aromatic carbocycles. The zero-order valence-corrected chi connectivity index (χ0v) is 21.6. The summed E-state index contributed by atoms with van der Waals surface area (Å²) in [5.74, 6) is -0.494. The number of rotatable bonds is 4. The molecular formula is C30H32F5NO2. The number of nitrogens with zero attached hydrogens (tertiary/aromatic N) is 1. The maximum absolute atomic E-state index is 14.8. The predicted molar refractivity (Wildman–Crippen MR) is 133 cm³/mol. The molecule has 3 unspecified atom stereocenters. The van der Waals surface area contributed by atoms with Crippen LogP contribution in [0.5, 0.6) is 0 Å². The van der Waals surface area contributed by atoms with Crippen LogP contribution in [0, 0.1) is 17.7 Å². The summed E-state index contributed by atoms with van der Waals surface area (Å²) in [7, 11) is 0. The second-order valence-corrected chi connectivity index (χ2v) is 11.5. The number of carbonyl (C=O) groups excluding carboxylic acids is 2. The van der Waals surface area contributed by atoms with Crippen molar-refractivity contribution in [3.63, 3.8) is 0 Å². The van der Waals surface area contributed by atoms with Crippen LogP contribution in [0.15, 0.2) is 42.5 Å². The lowest BCUT2D eigenvalue weighted by Crippen LogP contribution is -2.51. The number of hydrogen-bond donors (Lipinski definition) is 0. The monoisotopic (exact) mass is 533 g/mol. The highest BCUT2D eigenvalue weighted by Crippen LogP contribution is 2.51. The molecule has 2 fully saturated rings. The SMILES string of the molecule is C[C@H]1CC(=O)CC[C@H]1C(=O)N1CCC2(Cc3cccc(F)c3)c3ccc(C(C)(F)C(F)(F)F)cc3CCC12. The van der Waals surface area contributed by atoms with E-state index in [1.807, 2.05) is 17.9 Å². The molecule has 0 radical (unpaired) electrons. The van der Waals surface area contributed by atoms with E-state index < -0.39 is 22.8 Å². The lowest BCUT2D eigenvalue weighted by Gasteiger charge is -2.45. The van der Waals surface area contributed by atoms with Crippen LogP contribution in [-0.2, 0) is 33.5 Å². The molecule has 5 atom stereocenters. The molecule has 1 heterocycles. The van der Waals surface area contributed by atoms with Crippen molar-refractivity contribution in [2.24, 2.45) is 11.8 Å². The van der Waals surface area contributed by atoms with Gasteiger partial charge in [0.1, 0.15) is 11.6 Å². The van der Waals surface area contributed by atoms with E-state index in [0.29, 0.717) is 64.0 Å². The Kier molecular flexibility index (Phi) is 6.67. The first-order chi connectivity index (χ1) is 17.8. The fourth-order valence-electron chi connectivity index (χ4n) is 7.08. The summed E-state index contributed by atoms with van der Waals surface area (Å²) in [5, 5.41) is 0. The first-order valence-corrected chi connectivity index (χ1v) is 13.3. The second-order valence-electron chi connectivity index (χ2n) is 11.5. The topological polar surface area (TPSA) is 37.4 Å². The molecule has 5 rings (SSSR count). The van der Waals surface area contributed by atoms with Gasteiger partial charge in [0, 0.05) is 36.8 Å². The number of likely N-dealkylation sites (tertiary alicyclic amines) is 1. The average molecular weight is 534 g/mol. The minimum absolute atomic E-state index is 0.0181. The third-order valence-corrected chi connectivity index (χ3v) is 9.20. The van der Waals surface area contributed by atoms with Gasteiger partial charge in [-0.3, -0.25) is 9.59 Å².